The number of carbonyl (C=O) groups is 1. The third-order valence-corrected chi connectivity index (χ3v) is 2.15. The zero-order valence-electron chi connectivity index (χ0n) is 6.96. The standard InChI is InChI=1S/C7H14N2O2/c1-6(2)9(11)4-3-8-5-7(9)10/h6,8H,3-5H2,1-2H3. The molecule has 4 heteroatoms. The number of hydrogen-bond donors (Lipinski definition) is 1. The van der Waals surface area contributed by atoms with Crippen LogP contribution in [0.4, 0.5) is 0 Å². The number of amides is 1. The number of nitrogens with zero attached hydrogens (tertiary/aromatic N) is 1. The Morgan fingerprint density at radius 2 is 2.27 bits per heavy atom. The van der Waals surface area contributed by atoms with Crippen LogP contribution in [-0.4, -0.2) is 36.2 Å². The number of nitrogens with one attached hydrogen (secondary N) is 1. The summed E-state index contributed by atoms with van der Waals surface area (Å²) < 4.78 is -0.660. The van der Waals surface area contributed by atoms with Gasteiger partial charge in [0.25, 0.3) is 0 Å². The Morgan fingerprint density at radius 3 is 2.64 bits per heavy atom. The summed E-state index contributed by atoms with van der Waals surface area (Å²) in [7, 11) is 0. The van der Waals surface area contributed by atoms with Crippen LogP contribution in [0, 0.1) is 5.21 Å². The van der Waals surface area contributed by atoms with Crippen molar-refractivity contribution in [2.45, 2.75) is 19.9 Å². The van der Waals surface area contributed by atoms with Crippen molar-refractivity contribution in [3.8, 4) is 0 Å². The molecule has 1 aliphatic heterocycles. The fourth-order valence-corrected chi connectivity index (χ4v) is 1.25. The molecule has 0 aromatic heterocycles. The van der Waals surface area contributed by atoms with Gasteiger partial charge >= 0.3 is 5.91 Å². The van der Waals surface area contributed by atoms with E-state index < -0.39 is 4.65 Å². The summed E-state index contributed by atoms with van der Waals surface area (Å²) >= 11 is 0. The van der Waals surface area contributed by atoms with Crippen molar-refractivity contribution in [2.75, 3.05) is 19.6 Å². The number of carbonyl (C=O) groups excluding carboxylic acids is 1. The minimum atomic E-state index is -0.660. The molecule has 1 aliphatic rings. The predicted octanol–water partition coefficient (Wildman–Crippen LogP) is -0.161. The van der Waals surface area contributed by atoms with Crippen molar-refractivity contribution in [1.82, 2.24) is 5.32 Å². The summed E-state index contributed by atoms with van der Waals surface area (Å²) in [6, 6.07) is -0.149. The van der Waals surface area contributed by atoms with E-state index in [-0.39, 0.29) is 18.5 Å². The molecule has 0 spiro atoms. The van der Waals surface area contributed by atoms with Crippen LogP contribution in [0.2, 0.25) is 0 Å². The van der Waals surface area contributed by atoms with Crippen LogP contribution in [0.15, 0.2) is 0 Å². The largest absolute Gasteiger partial charge is 0.625 e. The molecule has 4 nitrogen and oxygen atoms in total. The van der Waals surface area contributed by atoms with E-state index in [1.807, 2.05) is 0 Å². The summed E-state index contributed by atoms with van der Waals surface area (Å²) in [5.41, 5.74) is 0. The van der Waals surface area contributed by atoms with Crippen LogP contribution >= 0.6 is 0 Å². The van der Waals surface area contributed by atoms with E-state index in [1.54, 1.807) is 13.8 Å². The second-order valence-corrected chi connectivity index (χ2v) is 3.18. The average molecular weight is 158 g/mol. The molecule has 1 rings (SSSR count). The van der Waals surface area contributed by atoms with Gasteiger partial charge in [-0.25, -0.2) is 4.79 Å². The van der Waals surface area contributed by atoms with E-state index in [0.29, 0.717) is 13.1 Å². The van der Waals surface area contributed by atoms with Crippen molar-refractivity contribution < 1.29 is 9.44 Å². The molecule has 0 radical (unpaired) electrons. The van der Waals surface area contributed by atoms with Crippen molar-refractivity contribution in [3.05, 3.63) is 5.21 Å². The monoisotopic (exact) mass is 158 g/mol. The molecule has 1 amide bonds. The van der Waals surface area contributed by atoms with Crippen LogP contribution in [0.25, 0.3) is 0 Å². The highest BCUT2D eigenvalue weighted by molar-refractivity contribution is 5.72. The molecule has 1 fully saturated rings. The lowest BCUT2D eigenvalue weighted by atomic mass is 10.2. The van der Waals surface area contributed by atoms with Crippen molar-refractivity contribution >= 4 is 5.91 Å². The fraction of sp³-hybridized carbons (Fsp3) is 0.857. The van der Waals surface area contributed by atoms with E-state index in [0.717, 1.165) is 0 Å². The van der Waals surface area contributed by atoms with E-state index in [1.165, 1.54) is 0 Å². The SMILES string of the molecule is CC(C)[N+]1([O-])CCNCC1=O. The third kappa shape index (κ3) is 1.42. The number of quaternary nitrogens is 1. The number of piperazine rings is 1. The number of hydroxylamine groups is 3. The molecule has 11 heavy (non-hydrogen) atoms. The van der Waals surface area contributed by atoms with Gasteiger partial charge in [-0.3, -0.25) is 9.96 Å². The van der Waals surface area contributed by atoms with E-state index in [2.05, 4.69) is 5.32 Å². The van der Waals surface area contributed by atoms with Crippen LogP contribution < -0.4 is 5.32 Å². The Kier molecular flexibility index (Phi) is 2.27. The topological polar surface area (TPSA) is 52.2 Å². The Balaban J connectivity index is 2.73. The quantitative estimate of drug-likeness (QED) is 0.426. The average Bonchev–Trinajstić information content (AvgIpc) is 1.95. The lowest BCUT2D eigenvalue weighted by Gasteiger charge is -2.45. The van der Waals surface area contributed by atoms with Crippen LogP contribution in [0.3, 0.4) is 0 Å². The van der Waals surface area contributed by atoms with Crippen molar-refractivity contribution in [1.29, 1.82) is 0 Å². The normalized spacial score (nSPS) is 32.9. The van der Waals surface area contributed by atoms with Crippen LogP contribution in [0.5, 0.6) is 0 Å². The molecule has 1 saturated heterocycles. The van der Waals surface area contributed by atoms with Gasteiger partial charge in [-0.05, 0) is 13.8 Å². The Hall–Kier alpha value is -0.450. The molecule has 0 aromatic rings. The van der Waals surface area contributed by atoms with Gasteiger partial charge in [0.05, 0.1) is 12.6 Å². The number of hydrogen-bond acceptors (Lipinski definition) is 3. The Morgan fingerprint density at radius 1 is 1.64 bits per heavy atom. The molecule has 64 valence electrons. The van der Waals surface area contributed by atoms with Crippen LogP contribution in [0.1, 0.15) is 13.8 Å². The van der Waals surface area contributed by atoms with Gasteiger partial charge in [0.2, 0.25) is 0 Å². The molecular formula is C7H14N2O2. The summed E-state index contributed by atoms with van der Waals surface area (Å²) in [5.74, 6) is -0.244. The van der Waals surface area contributed by atoms with Gasteiger partial charge in [-0.1, -0.05) is 0 Å². The summed E-state index contributed by atoms with van der Waals surface area (Å²) in [4.78, 5) is 11.2. The van der Waals surface area contributed by atoms with Gasteiger partial charge in [0, 0.05) is 6.54 Å². The zero-order chi connectivity index (χ0) is 8.48. The molecule has 1 atom stereocenters. The maximum absolute atomic E-state index is 11.7. The van der Waals surface area contributed by atoms with Gasteiger partial charge < -0.3 is 5.21 Å². The second-order valence-electron chi connectivity index (χ2n) is 3.18. The molecule has 1 N–H and O–H groups in total. The minimum absolute atomic E-state index is 0.149. The summed E-state index contributed by atoms with van der Waals surface area (Å²) in [5, 5.41) is 14.6. The number of rotatable bonds is 1. The highest BCUT2D eigenvalue weighted by atomic mass is 16.6. The first-order valence-corrected chi connectivity index (χ1v) is 3.90. The third-order valence-electron chi connectivity index (χ3n) is 2.15. The smallest absolute Gasteiger partial charge is 0.327 e. The zero-order valence-corrected chi connectivity index (χ0v) is 6.96. The molecule has 0 aliphatic carbocycles. The maximum atomic E-state index is 11.7. The first kappa shape index (κ1) is 8.64. The lowest BCUT2D eigenvalue weighted by Crippen LogP contribution is -2.62. The predicted molar refractivity (Wildman–Crippen MR) is 41.5 cm³/mol. The van der Waals surface area contributed by atoms with Gasteiger partial charge in [0.15, 0.2) is 0 Å². The summed E-state index contributed by atoms with van der Waals surface area (Å²) in [6.07, 6.45) is 0. The molecule has 1 unspecified atom stereocenters. The van der Waals surface area contributed by atoms with E-state index in [4.69, 9.17) is 0 Å². The molecule has 1 heterocycles. The molecule has 0 aromatic carbocycles. The highest BCUT2D eigenvalue weighted by Crippen LogP contribution is 2.13. The molecule has 0 bridgehead atoms. The van der Waals surface area contributed by atoms with E-state index >= 15 is 0 Å². The highest BCUT2D eigenvalue weighted by Gasteiger charge is 2.32. The molecular weight excluding hydrogens is 144 g/mol. The van der Waals surface area contributed by atoms with Crippen LogP contribution in [-0.2, 0) is 4.79 Å². The minimum Gasteiger partial charge on any atom is -0.625 e. The summed E-state index contributed by atoms with van der Waals surface area (Å²) in [6.45, 7) is 4.82. The molecule has 0 saturated carbocycles. The Bertz CT molecular complexity index is 170. The van der Waals surface area contributed by atoms with E-state index in [9.17, 15) is 10.0 Å². The fourth-order valence-electron chi connectivity index (χ4n) is 1.25. The van der Waals surface area contributed by atoms with Crippen molar-refractivity contribution in [3.63, 3.8) is 0 Å². The van der Waals surface area contributed by atoms with Gasteiger partial charge in [-0.2, -0.15) is 0 Å². The van der Waals surface area contributed by atoms with Gasteiger partial charge in [0.1, 0.15) is 6.54 Å². The maximum Gasteiger partial charge on any atom is 0.327 e. The lowest BCUT2D eigenvalue weighted by molar-refractivity contribution is -0.828. The van der Waals surface area contributed by atoms with Crippen molar-refractivity contribution in [2.24, 2.45) is 0 Å². The second kappa shape index (κ2) is 2.89. The van der Waals surface area contributed by atoms with Gasteiger partial charge in [-0.15, -0.1) is 0 Å². The first-order valence-electron chi connectivity index (χ1n) is 3.90. The first-order chi connectivity index (χ1) is 5.07. The Labute approximate surface area is 66.4 Å².